The fourth-order valence-electron chi connectivity index (χ4n) is 3.49. The van der Waals surface area contributed by atoms with Gasteiger partial charge in [0.2, 0.25) is 17.9 Å². The van der Waals surface area contributed by atoms with Crippen LogP contribution in [0.3, 0.4) is 0 Å². The zero-order chi connectivity index (χ0) is 29.8. The number of alkyl carbamates (subject to hydrolysis) is 1. The summed E-state index contributed by atoms with van der Waals surface area (Å²) in [5.41, 5.74) is 5.17. The van der Waals surface area contributed by atoms with Crippen LogP contribution in [-0.4, -0.2) is 45.0 Å². The standard InChI is InChI=1S/C26H25BrF4N4O5/c1-25(2,3)40-24(38)34-19(22(36)37)10-13-4-6-14(7-5-13)18-12-20(35-23(32)33-18)39-21(26(29,30)31)16-9-8-15(27)11-17(16)28/h4-9,11-12,19,21H,10H2,1-3H3,(H,34,38)(H,36,37)(H2,32,33,35)/t19-,21?/m0/s1. The van der Waals surface area contributed by atoms with Crippen molar-refractivity contribution in [3.05, 3.63) is 69.9 Å². The molecule has 0 saturated carbocycles. The second-order valence-electron chi connectivity index (χ2n) is 9.59. The van der Waals surface area contributed by atoms with Crippen molar-refractivity contribution in [3.8, 4) is 17.1 Å². The van der Waals surface area contributed by atoms with E-state index in [9.17, 15) is 32.3 Å². The molecule has 1 unspecified atom stereocenters. The molecule has 2 atom stereocenters. The lowest BCUT2D eigenvalue weighted by atomic mass is 10.0. The molecule has 0 aliphatic rings. The molecule has 1 heterocycles. The Morgan fingerprint density at radius 2 is 1.73 bits per heavy atom. The van der Waals surface area contributed by atoms with E-state index in [2.05, 4.69) is 31.2 Å². The van der Waals surface area contributed by atoms with Gasteiger partial charge in [0.1, 0.15) is 17.5 Å². The second kappa shape index (κ2) is 12.1. The lowest BCUT2D eigenvalue weighted by molar-refractivity contribution is -0.199. The molecule has 1 aromatic heterocycles. The summed E-state index contributed by atoms with van der Waals surface area (Å²) in [6.45, 7) is 4.92. The molecule has 0 saturated heterocycles. The van der Waals surface area contributed by atoms with E-state index >= 15 is 0 Å². The van der Waals surface area contributed by atoms with Crippen molar-refractivity contribution >= 4 is 33.9 Å². The van der Waals surface area contributed by atoms with E-state index < -0.39 is 53.2 Å². The number of alkyl halides is 3. The van der Waals surface area contributed by atoms with Gasteiger partial charge < -0.3 is 25.6 Å². The van der Waals surface area contributed by atoms with Crippen LogP contribution in [-0.2, 0) is 16.0 Å². The normalized spacial score (nSPS) is 13.3. The largest absolute Gasteiger partial charge is 0.480 e. The third-order valence-electron chi connectivity index (χ3n) is 5.18. The Labute approximate surface area is 234 Å². The fourth-order valence-corrected chi connectivity index (χ4v) is 3.82. The van der Waals surface area contributed by atoms with Crippen molar-refractivity contribution < 1.29 is 41.7 Å². The average Bonchev–Trinajstić information content (AvgIpc) is 2.81. The number of aliphatic carboxylic acids is 1. The monoisotopic (exact) mass is 628 g/mol. The summed E-state index contributed by atoms with van der Waals surface area (Å²) in [5, 5.41) is 11.8. The number of anilines is 1. The average molecular weight is 629 g/mol. The molecule has 2 aromatic carbocycles. The van der Waals surface area contributed by atoms with Crippen molar-refractivity contribution in [2.45, 2.75) is 51.1 Å². The maximum atomic E-state index is 14.3. The van der Waals surface area contributed by atoms with E-state index in [4.69, 9.17) is 15.2 Å². The first-order valence-electron chi connectivity index (χ1n) is 11.7. The Morgan fingerprint density at radius 1 is 1.07 bits per heavy atom. The number of amides is 1. The number of nitrogens with two attached hydrogens (primary N) is 1. The Bertz CT molecular complexity index is 1380. The first-order valence-corrected chi connectivity index (χ1v) is 12.5. The third-order valence-corrected chi connectivity index (χ3v) is 5.67. The van der Waals surface area contributed by atoms with Crippen molar-refractivity contribution in [3.63, 3.8) is 0 Å². The van der Waals surface area contributed by atoms with Gasteiger partial charge in [-0.1, -0.05) is 46.3 Å². The predicted octanol–water partition coefficient (Wildman–Crippen LogP) is 5.83. The van der Waals surface area contributed by atoms with E-state index in [-0.39, 0.29) is 22.5 Å². The highest BCUT2D eigenvalue weighted by molar-refractivity contribution is 9.10. The van der Waals surface area contributed by atoms with Crippen LogP contribution in [0.15, 0.2) is 53.0 Å². The van der Waals surface area contributed by atoms with Gasteiger partial charge in [-0.15, -0.1) is 0 Å². The molecule has 0 aliphatic carbocycles. The van der Waals surface area contributed by atoms with Crippen LogP contribution in [0.5, 0.6) is 5.88 Å². The van der Waals surface area contributed by atoms with Gasteiger partial charge in [0.15, 0.2) is 0 Å². The molecule has 214 valence electrons. The van der Waals surface area contributed by atoms with Gasteiger partial charge in [0.05, 0.1) is 5.69 Å². The number of nitrogens with one attached hydrogen (secondary N) is 1. The van der Waals surface area contributed by atoms with Crippen LogP contribution in [0.4, 0.5) is 28.3 Å². The Hall–Kier alpha value is -3.94. The quantitative estimate of drug-likeness (QED) is 0.265. The van der Waals surface area contributed by atoms with Crippen molar-refractivity contribution in [2.75, 3.05) is 5.73 Å². The SMILES string of the molecule is CC(C)(C)OC(=O)N[C@@H](Cc1ccc(-c2cc(OC(c3ccc(Br)cc3F)C(F)(F)F)nc(N)n2)cc1)C(=O)O. The van der Waals surface area contributed by atoms with E-state index in [0.717, 1.165) is 18.2 Å². The Balaban J connectivity index is 1.82. The van der Waals surface area contributed by atoms with E-state index in [1.165, 1.54) is 18.2 Å². The van der Waals surface area contributed by atoms with Crippen molar-refractivity contribution in [1.82, 2.24) is 15.3 Å². The highest BCUT2D eigenvalue weighted by Gasteiger charge is 2.45. The van der Waals surface area contributed by atoms with Crippen LogP contribution in [0.25, 0.3) is 11.3 Å². The van der Waals surface area contributed by atoms with Gasteiger partial charge in [0.25, 0.3) is 0 Å². The zero-order valence-corrected chi connectivity index (χ0v) is 23.0. The highest BCUT2D eigenvalue weighted by Crippen LogP contribution is 2.38. The maximum Gasteiger partial charge on any atom is 0.429 e. The number of benzene rings is 2. The number of carbonyl (C=O) groups is 2. The number of halogens is 5. The number of hydrogen-bond donors (Lipinski definition) is 3. The molecular weight excluding hydrogens is 604 g/mol. The number of carboxylic acids is 1. The number of aromatic nitrogens is 2. The predicted molar refractivity (Wildman–Crippen MR) is 140 cm³/mol. The summed E-state index contributed by atoms with van der Waals surface area (Å²) in [6.07, 6.45) is -8.62. The number of ether oxygens (including phenoxy) is 2. The second-order valence-corrected chi connectivity index (χ2v) is 10.5. The number of carbonyl (C=O) groups excluding carboxylic acids is 1. The Kier molecular flexibility index (Phi) is 9.23. The Morgan fingerprint density at radius 3 is 2.27 bits per heavy atom. The molecule has 3 aromatic rings. The van der Waals surface area contributed by atoms with Gasteiger partial charge in [0, 0.05) is 28.1 Å². The molecule has 1 amide bonds. The molecule has 0 radical (unpaired) electrons. The molecule has 40 heavy (non-hydrogen) atoms. The summed E-state index contributed by atoms with van der Waals surface area (Å²) < 4.78 is 66.2. The topological polar surface area (TPSA) is 137 Å². The van der Waals surface area contributed by atoms with Crippen molar-refractivity contribution in [1.29, 1.82) is 0 Å². The van der Waals surface area contributed by atoms with E-state index in [1.54, 1.807) is 32.9 Å². The lowest BCUT2D eigenvalue weighted by Gasteiger charge is -2.22. The number of nitrogens with zero attached hydrogens (tertiary/aromatic N) is 2. The van der Waals surface area contributed by atoms with Crippen LogP contribution >= 0.6 is 15.9 Å². The highest BCUT2D eigenvalue weighted by atomic mass is 79.9. The van der Waals surface area contributed by atoms with Gasteiger partial charge in [-0.05, 0) is 38.5 Å². The third kappa shape index (κ3) is 8.53. The van der Waals surface area contributed by atoms with E-state index in [1.807, 2.05) is 0 Å². The number of hydrogen-bond acceptors (Lipinski definition) is 7. The summed E-state index contributed by atoms with van der Waals surface area (Å²) >= 11 is 3.00. The molecule has 0 bridgehead atoms. The molecule has 9 nitrogen and oxygen atoms in total. The van der Waals surface area contributed by atoms with Gasteiger partial charge in [-0.3, -0.25) is 0 Å². The van der Waals surface area contributed by atoms with Crippen LogP contribution in [0.1, 0.15) is 38.0 Å². The van der Waals surface area contributed by atoms with E-state index in [0.29, 0.717) is 11.1 Å². The molecule has 14 heteroatoms. The molecule has 4 N–H and O–H groups in total. The van der Waals surface area contributed by atoms with Crippen LogP contribution in [0.2, 0.25) is 0 Å². The van der Waals surface area contributed by atoms with Crippen molar-refractivity contribution in [2.24, 2.45) is 0 Å². The summed E-state index contributed by atoms with van der Waals surface area (Å²) in [7, 11) is 0. The first-order chi connectivity index (χ1) is 18.5. The molecule has 0 aliphatic heterocycles. The maximum absolute atomic E-state index is 14.3. The molecule has 0 fully saturated rings. The lowest BCUT2D eigenvalue weighted by Crippen LogP contribution is -2.44. The van der Waals surface area contributed by atoms with Crippen LogP contribution in [0, 0.1) is 5.82 Å². The zero-order valence-electron chi connectivity index (χ0n) is 21.4. The number of carboxylic acid groups (broad SMARTS) is 1. The van der Waals surface area contributed by atoms with Crippen LogP contribution < -0.4 is 15.8 Å². The minimum atomic E-state index is -4.98. The van der Waals surface area contributed by atoms with Gasteiger partial charge in [-0.25, -0.2) is 19.0 Å². The molecular formula is C26H25BrF4N4O5. The summed E-state index contributed by atoms with van der Waals surface area (Å²) in [6, 6.07) is 9.08. The number of rotatable bonds is 8. The van der Waals surface area contributed by atoms with Gasteiger partial charge >= 0.3 is 18.2 Å². The minimum absolute atomic E-state index is 0.0822. The van der Waals surface area contributed by atoms with Gasteiger partial charge in [-0.2, -0.15) is 18.2 Å². The first kappa shape index (κ1) is 30.6. The minimum Gasteiger partial charge on any atom is -0.480 e. The summed E-state index contributed by atoms with van der Waals surface area (Å²) in [5.74, 6) is -3.33. The summed E-state index contributed by atoms with van der Waals surface area (Å²) in [4.78, 5) is 31.4. The molecule has 3 rings (SSSR count). The smallest absolute Gasteiger partial charge is 0.429 e. The number of nitrogen functional groups attached to an aromatic ring is 1. The fraction of sp³-hybridized carbons (Fsp3) is 0.308. The molecule has 0 spiro atoms.